The van der Waals surface area contributed by atoms with Crippen LogP contribution in [0.4, 0.5) is 22.7 Å². The molecule has 110 valence electrons. The van der Waals surface area contributed by atoms with Gasteiger partial charge in [-0.05, 0) is 54.7 Å². The predicted molar refractivity (Wildman–Crippen MR) is 92.5 cm³/mol. The SMILES string of the molecule is C=CN(CCN(C)c1ccc(N)cc1)c1ccc(N)cc1. The molecule has 0 unspecified atom stereocenters. The van der Waals surface area contributed by atoms with Crippen molar-refractivity contribution in [1.82, 2.24) is 0 Å². The molecule has 0 fully saturated rings. The van der Waals surface area contributed by atoms with Gasteiger partial charge in [0.1, 0.15) is 0 Å². The predicted octanol–water partition coefficient (Wildman–Crippen LogP) is 2.94. The Morgan fingerprint density at radius 3 is 1.81 bits per heavy atom. The number of nitrogen functional groups attached to an aromatic ring is 2. The van der Waals surface area contributed by atoms with Gasteiger partial charge < -0.3 is 21.3 Å². The van der Waals surface area contributed by atoms with E-state index in [-0.39, 0.29) is 0 Å². The van der Waals surface area contributed by atoms with E-state index in [1.54, 1.807) is 0 Å². The molecular formula is C17H22N4. The molecule has 0 saturated carbocycles. The summed E-state index contributed by atoms with van der Waals surface area (Å²) >= 11 is 0. The Morgan fingerprint density at radius 2 is 1.33 bits per heavy atom. The zero-order chi connectivity index (χ0) is 15.2. The lowest BCUT2D eigenvalue weighted by molar-refractivity contribution is 0.854. The number of anilines is 4. The van der Waals surface area contributed by atoms with Crippen molar-refractivity contribution in [3.05, 3.63) is 61.3 Å². The molecular weight excluding hydrogens is 260 g/mol. The molecule has 0 saturated heterocycles. The Hall–Kier alpha value is -2.62. The van der Waals surface area contributed by atoms with Gasteiger partial charge in [0.2, 0.25) is 0 Å². The first kappa shape index (κ1) is 14.8. The lowest BCUT2D eigenvalue weighted by Gasteiger charge is -2.25. The van der Waals surface area contributed by atoms with Crippen LogP contribution in [0.5, 0.6) is 0 Å². The third-order valence-corrected chi connectivity index (χ3v) is 3.46. The minimum absolute atomic E-state index is 0.766. The molecule has 0 aliphatic rings. The monoisotopic (exact) mass is 282 g/mol. The fourth-order valence-electron chi connectivity index (χ4n) is 2.11. The summed E-state index contributed by atoms with van der Waals surface area (Å²) < 4.78 is 0. The van der Waals surface area contributed by atoms with Crippen molar-refractivity contribution in [1.29, 1.82) is 0 Å². The van der Waals surface area contributed by atoms with Crippen LogP contribution in [0.1, 0.15) is 0 Å². The first-order chi connectivity index (χ1) is 10.1. The van der Waals surface area contributed by atoms with E-state index in [2.05, 4.69) is 23.4 Å². The van der Waals surface area contributed by atoms with Crippen LogP contribution in [-0.4, -0.2) is 20.1 Å². The van der Waals surface area contributed by atoms with Gasteiger partial charge in [0, 0.05) is 42.9 Å². The smallest absolute Gasteiger partial charge is 0.0408 e. The molecule has 21 heavy (non-hydrogen) atoms. The van der Waals surface area contributed by atoms with Crippen molar-refractivity contribution in [3.8, 4) is 0 Å². The Bertz CT molecular complexity index is 575. The minimum Gasteiger partial charge on any atom is -0.399 e. The zero-order valence-electron chi connectivity index (χ0n) is 12.4. The van der Waals surface area contributed by atoms with Crippen molar-refractivity contribution in [2.24, 2.45) is 0 Å². The molecule has 0 aliphatic carbocycles. The normalized spacial score (nSPS) is 10.1. The highest BCUT2D eigenvalue weighted by Gasteiger charge is 2.05. The molecule has 0 heterocycles. The van der Waals surface area contributed by atoms with Crippen LogP contribution in [0.25, 0.3) is 0 Å². The van der Waals surface area contributed by atoms with E-state index < -0.39 is 0 Å². The fourth-order valence-corrected chi connectivity index (χ4v) is 2.11. The Balaban J connectivity index is 1.98. The standard InChI is InChI=1S/C17H22N4/c1-3-21(17-10-6-15(19)7-11-17)13-12-20(2)16-8-4-14(18)5-9-16/h3-11H,1,12-13,18-19H2,2H3. The van der Waals surface area contributed by atoms with Gasteiger partial charge >= 0.3 is 0 Å². The molecule has 0 aromatic heterocycles. The summed E-state index contributed by atoms with van der Waals surface area (Å²) in [5, 5.41) is 0. The van der Waals surface area contributed by atoms with Gasteiger partial charge in [0.15, 0.2) is 0 Å². The maximum atomic E-state index is 5.72. The van der Waals surface area contributed by atoms with Gasteiger partial charge in [-0.2, -0.15) is 0 Å². The lowest BCUT2D eigenvalue weighted by Crippen LogP contribution is -2.29. The van der Waals surface area contributed by atoms with Crippen LogP contribution in [-0.2, 0) is 0 Å². The largest absolute Gasteiger partial charge is 0.399 e. The van der Waals surface area contributed by atoms with Crippen LogP contribution in [0.15, 0.2) is 61.3 Å². The summed E-state index contributed by atoms with van der Waals surface area (Å²) in [6, 6.07) is 15.7. The molecule has 0 aliphatic heterocycles. The summed E-state index contributed by atoms with van der Waals surface area (Å²) in [4.78, 5) is 4.29. The topological polar surface area (TPSA) is 58.5 Å². The quantitative estimate of drug-likeness (QED) is 0.800. The van der Waals surface area contributed by atoms with Crippen molar-refractivity contribution < 1.29 is 0 Å². The molecule has 0 atom stereocenters. The van der Waals surface area contributed by atoms with Gasteiger partial charge in [0.25, 0.3) is 0 Å². The highest BCUT2D eigenvalue weighted by atomic mass is 15.2. The minimum atomic E-state index is 0.766. The Morgan fingerprint density at radius 1 is 0.857 bits per heavy atom. The van der Waals surface area contributed by atoms with E-state index in [0.717, 1.165) is 35.8 Å². The van der Waals surface area contributed by atoms with E-state index in [1.165, 1.54) is 0 Å². The molecule has 4 N–H and O–H groups in total. The van der Waals surface area contributed by atoms with Gasteiger partial charge in [-0.25, -0.2) is 0 Å². The van der Waals surface area contributed by atoms with E-state index in [1.807, 2.05) is 54.7 Å². The zero-order valence-corrected chi connectivity index (χ0v) is 12.4. The number of likely N-dealkylation sites (N-methyl/N-ethyl adjacent to an activating group) is 1. The van der Waals surface area contributed by atoms with Crippen LogP contribution in [0.2, 0.25) is 0 Å². The maximum Gasteiger partial charge on any atom is 0.0408 e. The summed E-state index contributed by atoms with van der Waals surface area (Å²) in [5.74, 6) is 0. The van der Waals surface area contributed by atoms with E-state index >= 15 is 0 Å². The second-order valence-corrected chi connectivity index (χ2v) is 4.98. The van der Waals surface area contributed by atoms with Gasteiger partial charge in [0.05, 0.1) is 0 Å². The fraction of sp³-hybridized carbons (Fsp3) is 0.176. The Kier molecular flexibility index (Phi) is 4.72. The average Bonchev–Trinajstić information content (AvgIpc) is 2.50. The second kappa shape index (κ2) is 6.70. The maximum absolute atomic E-state index is 5.72. The van der Waals surface area contributed by atoms with Gasteiger partial charge in [-0.15, -0.1) is 0 Å². The van der Waals surface area contributed by atoms with Gasteiger partial charge in [-0.1, -0.05) is 6.58 Å². The average molecular weight is 282 g/mol. The molecule has 0 radical (unpaired) electrons. The highest BCUT2D eigenvalue weighted by Crippen LogP contribution is 2.18. The summed E-state index contributed by atoms with van der Waals surface area (Å²) in [7, 11) is 2.07. The summed E-state index contributed by atoms with van der Waals surface area (Å²) in [6.45, 7) is 5.60. The summed E-state index contributed by atoms with van der Waals surface area (Å²) in [6.07, 6.45) is 1.84. The van der Waals surface area contributed by atoms with Crippen molar-refractivity contribution in [3.63, 3.8) is 0 Å². The third kappa shape index (κ3) is 3.92. The molecule has 4 nitrogen and oxygen atoms in total. The van der Waals surface area contributed by atoms with E-state index in [0.29, 0.717) is 0 Å². The molecule has 0 bridgehead atoms. The van der Waals surface area contributed by atoms with Crippen LogP contribution < -0.4 is 21.3 Å². The lowest BCUT2D eigenvalue weighted by atomic mass is 10.2. The molecule has 2 aromatic carbocycles. The second-order valence-electron chi connectivity index (χ2n) is 4.98. The number of nitrogens with two attached hydrogens (primary N) is 2. The molecule has 2 rings (SSSR count). The number of benzene rings is 2. The molecule has 2 aromatic rings. The van der Waals surface area contributed by atoms with Crippen LogP contribution in [0, 0.1) is 0 Å². The van der Waals surface area contributed by atoms with Crippen molar-refractivity contribution >= 4 is 22.7 Å². The van der Waals surface area contributed by atoms with E-state index in [9.17, 15) is 0 Å². The molecule has 0 spiro atoms. The number of hydrogen-bond donors (Lipinski definition) is 2. The van der Waals surface area contributed by atoms with Crippen molar-refractivity contribution in [2.75, 3.05) is 41.4 Å². The molecule has 0 amide bonds. The number of hydrogen-bond acceptors (Lipinski definition) is 4. The number of nitrogens with zero attached hydrogens (tertiary/aromatic N) is 2. The first-order valence-electron chi connectivity index (χ1n) is 6.91. The number of rotatable bonds is 6. The van der Waals surface area contributed by atoms with Gasteiger partial charge in [-0.3, -0.25) is 0 Å². The van der Waals surface area contributed by atoms with Crippen LogP contribution in [0.3, 0.4) is 0 Å². The van der Waals surface area contributed by atoms with E-state index in [4.69, 9.17) is 11.5 Å². The first-order valence-corrected chi connectivity index (χ1v) is 6.91. The van der Waals surface area contributed by atoms with Crippen molar-refractivity contribution in [2.45, 2.75) is 0 Å². The summed E-state index contributed by atoms with van der Waals surface area (Å²) in [5.41, 5.74) is 15.2. The Labute approximate surface area is 126 Å². The third-order valence-electron chi connectivity index (χ3n) is 3.46. The van der Waals surface area contributed by atoms with Crippen LogP contribution >= 0.6 is 0 Å². The molecule has 4 heteroatoms. The highest BCUT2D eigenvalue weighted by molar-refractivity contribution is 5.56.